The first-order valence-electron chi connectivity index (χ1n) is 6.86. The molecular weight excluding hydrogens is 357 g/mol. The van der Waals surface area contributed by atoms with Crippen LogP contribution in [-0.2, 0) is 4.79 Å². The Hall–Kier alpha value is -1.33. The van der Waals surface area contributed by atoms with Crippen molar-refractivity contribution in [3.05, 3.63) is 64.9 Å². The zero-order chi connectivity index (χ0) is 15.1. The molecule has 1 atom stereocenters. The summed E-state index contributed by atoms with van der Waals surface area (Å²) >= 11 is 6.05. The molecule has 1 aromatic carbocycles. The van der Waals surface area contributed by atoms with E-state index in [0.717, 1.165) is 11.3 Å². The van der Waals surface area contributed by atoms with Crippen LogP contribution in [-0.4, -0.2) is 17.4 Å². The van der Waals surface area contributed by atoms with Crippen LogP contribution in [0.4, 0.5) is 0 Å². The van der Waals surface area contributed by atoms with E-state index in [-0.39, 0.29) is 36.8 Å². The van der Waals surface area contributed by atoms with Crippen molar-refractivity contribution in [2.45, 2.75) is 18.9 Å². The smallest absolute Gasteiger partial charge is 0.220 e. The van der Waals surface area contributed by atoms with Crippen LogP contribution < -0.4 is 11.1 Å². The van der Waals surface area contributed by atoms with E-state index in [1.54, 1.807) is 12.3 Å². The van der Waals surface area contributed by atoms with Gasteiger partial charge in [0, 0.05) is 17.6 Å². The summed E-state index contributed by atoms with van der Waals surface area (Å²) in [5.74, 6) is -0.0453. The van der Waals surface area contributed by atoms with E-state index in [0.29, 0.717) is 24.4 Å². The molecular formula is C16H20Cl3N3O. The van der Waals surface area contributed by atoms with Crippen LogP contribution in [0.25, 0.3) is 0 Å². The summed E-state index contributed by atoms with van der Waals surface area (Å²) in [5.41, 5.74) is 7.12. The lowest BCUT2D eigenvalue weighted by Gasteiger charge is -2.19. The minimum Gasteiger partial charge on any atom is -0.344 e. The van der Waals surface area contributed by atoms with Crippen LogP contribution in [0.15, 0.2) is 48.7 Å². The number of carbonyl (C=O) groups excluding carboxylic acids is 1. The van der Waals surface area contributed by atoms with Gasteiger partial charge in [0.25, 0.3) is 0 Å². The average Bonchev–Trinajstić information content (AvgIpc) is 2.51. The van der Waals surface area contributed by atoms with Crippen molar-refractivity contribution >= 4 is 42.3 Å². The van der Waals surface area contributed by atoms with E-state index in [1.165, 1.54) is 0 Å². The molecule has 0 aliphatic carbocycles. The number of hydrogen-bond donors (Lipinski definition) is 2. The summed E-state index contributed by atoms with van der Waals surface area (Å²) in [4.78, 5) is 16.4. The van der Waals surface area contributed by atoms with Gasteiger partial charge in [0.2, 0.25) is 5.91 Å². The number of nitrogens with one attached hydrogen (secondary N) is 1. The summed E-state index contributed by atoms with van der Waals surface area (Å²) in [6.45, 7) is 0.499. The van der Waals surface area contributed by atoms with Crippen molar-refractivity contribution in [2.24, 2.45) is 5.73 Å². The number of pyridine rings is 1. The number of amides is 1. The lowest BCUT2D eigenvalue weighted by molar-refractivity contribution is -0.121. The number of nitrogens with zero attached hydrogens (tertiary/aromatic N) is 1. The molecule has 0 saturated heterocycles. The van der Waals surface area contributed by atoms with Crippen molar-refractivity contribution in [3.8, 4) is 0 Å². The van der Waals surface area contributed by atoms with Gasteiger partial charge < -0.3 is 11.1 Å². The van der Waals surface area contributed by atoms with E-state index in [4.69, 9.17) is 17.3 Å². The fraction of sp³-hybridized carbons (Fsp3) is 0.250. The van der Waals surface area contributed by atoms with Crippen molar-refractivity contribution in [2.75, 3.05) is 6.54 Å². The van der Waals surface area contributed by atoms with Crippen molar-refractivity contribution in [1.29, 1.82) is 0 Å². The molecule has 0 saturated carbocycles. The SMILES string of the molecule is Cl.Cl.NCCCC(=O)NC(c1cccc(Cl)c1)c1ccccn1. The summed E-state index contributed by atoms with van der Waals surface area (Å²) in [5, 5.41) is 3.63. The second kappa shape index (κ2) is 11.2. The fourth-order valence-electron chi connectivity index (χ4n) is 2.06. The summed E-state index contributed by atoms with van der Waals surface area (Å²) < 4.78 is 0. The lowest BCUT2D eigenvalue weighted by atomic mass is 10.0. The maximum Gasteiger partial charge on any atom is 0.220 e. The molecule has 0 aliphatic heterocycles. The van der Waals surface area contributed by atoms with E-state index in [9.17, 15) is 4.79 Å². The fourth-order valence-corrected chi connectivity index (χ4v) is 2.26. The second-order valence-electron chi connectivity index (χ2n) is 4.70. The standard InChI is InChI=1S/C16H18ClN3O.2ClH/c17-13-6-3-5-12(11-13)16(14-7-1-2-10-19-14)20-15(21)8-4-9-18;;/h1-3,5-7,10-11,16H,4,8-9,18H2,(H,20,21);2*1H. The van der Waals surface area contributed by atoms with E-state index in [1.807, 2.05) is 36.4 Å². The molecule has 7 heteroatoms. The molecule has 0 spiro atoms. The zero-order valence-corrected chi connectivity index (χ0v) is 14.8. The highest BCUT2D eigenvalue weighted by Crippen LogP contribution is 2.23. The van der Waals surface area contributed by atoms with Crippen LogP contribution in [0.3, 0.4) is 0 Å². The van der Waals surface area contributed by atoms with Gasteiger partial charge in [-0.2, -0.15) is 0 Å². The van der Waals surface area contributed by atoms with Gasteiger partial charge in [-0.3, -0.25) is 9.78 Å². The molecule has 1 heterocycles. The molecule has 0 fully saturated rings. The Bertz CT molecular complexity index is 596. The van der Waals surface area contributed by atoms with Crippen LogP contribution in [0.2, 0.25) is 5.02 Å². The van der Waals surface area contributed by atoms with Gasteiger partial charge in [-0.05, 0) is 42.8 Å². The van der Waals surface area contributed by atoms with Crippen molar-refractivity contribution in [3.63, 3.8) is 0 Å². The number of carbonyl (C=O) groups is 1. The molecule has 23 heavy (non-hydrogen) atoms. The van der Waals surface area contributed by atoms with Crippen molar-refractivity contribution < 1.29 is 4.79 Å². The molecule has 2 aromatic rings. The molecule has 2 rings (SSSR count). The molecule has 4 nitrogen and oxygen atoms in total. The highest BCUT2D eigenvalue weighted by Gasteiger charge is 2.17. The number of nitrogens with two attached hydrogens (primary N) is 1. The second-order valence-corrected chi connectivity index (χ2v) is 5.14. The predicted molar refractivity (Wildman–Crippen MR) is 98.5 cm³/mol. The Morgan fingerprint density at radius 1 is 1.22 bits per heavy atom. The predicted octanol–water partition coefficient (Wildman–Crippen LogP) is 3.52. The third-order valence-electron chi connectivity index (χ3n) is 3.08. The first-order chi connectivity index (χ1) is 10.2. The molecule has 126 valence electrons. The summed E-state index contributed by atoms with van der Waals surface area (Å²) in [6, 6.07) is 12.7. The minimum atomic E-state index is -0.310. The maximum absolute atomic E-state index is 12.0. The molecule has 3 N–H and O–H groups in total. The number of aromatic nitrogens is 1. The van der Waals surface area contributed by atoms with Gasteiger partial charge in [0.05, 0.1) is 11.7 Å². The summed E-state index contributed by atoms with van der Waals surface area (Å²) in [6.07, 6.45) is 2.77. The van der Waals surface area contributed by atoms with Gasteiger partial charge in [-0.1, -0.05) is 29.8 Å². The number of hydrogen-bond acceptors (Lipinski definition) is 3. The Balaban J connectivity index is 0.00000242. The van der Waals surface area contributed by atoms with Gasteiger partial charge in [-0.15, -0.1) is 24.8 Å². The third kappa shape index (κ3) is 6.75. The van der Waals surface area contributed by atoms with E-state index >= 15 is 0 Å². The van der Waals surface area contributed by atoms with Crippen LogP contribution in [0, 0.1) is 0 Å². The maximum atomic E-state index is 12.0. The van der Waals surface area contributed by atoms with Crippen LogP contribution in [0.5, 0.6) is 0 Å². The zero-order valence-electron chi connectivity index (χ0n) is 12.4. The Morgan fingerprint density at radius 2 is 2.00 bits per heavy atom. The molecule has 0 aliphatic rings. The first-order valence-corrected chi connectivity index (χ1v) is 7.24. The average molecular weight is 377 g/mol. The van der Waals surface area contributed by atoms with Crippen molar-refractivity contribution in [1.82, 2.24) is 10.3 Å². The Kier molecular flexibility index (Phi) is 10.6. The quantitative estimate of drug-likeness (QED) is 0.810. The molecule has 1 unspecified atom stereocenters. The highest BCUT2D eigenvalue weighted by atomic mass is 35.5. The van der Waals surface area contributed by atoms with Gasteiger partial charge in [0.15, 0.2) is 0 Å². The van der Waals surface area contributed by atoms with Crippen LogP contribution in [0.1, 0.15) is 30.1 Å². The van der Waals surface area contributed by atoms with Gasteiger partial charge >= 0.3 is 0 Å². The summed E-state index contributed by atoms with van der Waals surface area (Å²) in [7, 11) is 0. The third-order valence-corrected chi connectivity index (χ3v) is 3.31. The van der Waals surface area contributed by atoms with E-state index in [2.05, 4.69) is 10.3 Å². The molecule has 0 radical (unpaired) electrons. The Morgan fingerprint density at radius 3 is 2.61 bits per heavy atom. The highest BCUT2D eigenvalue weighted by molar-refractivity contribution is 6.30. The molecule has 0 bridgehead atoms. The number of halogens is 3. The minimum absolute atomic E-state index is 0. The Labute approximate surface area is 153 Å². The molecule has 1 amide bonds. The monoisotopic (exact) mass is 375 g/mol. The first kappa shape index (κ1) is 21.7. The van der Waals surface area contributed by atoms with Crippen LogP contribution >= 0.6 is 36.4 Å². The van der Waals surface area contributed by atoms with Gasteiger partial charge in [0.1, 0.15) is 0 Å². The lowest BCUT2D eigenvalue weighted by Crippen LogP contribution is -2.30. The number of rotatable bonds is 6. The number of benzene rings is 1. The van der Waals surface area contributed by atoms with Gasteiger partial charge in [-0.25, -0.2) is 0 Å². The largest absolute Gasteiger partial charge is 0.344 e. The van der Waals surface area contributed by atoms with E-state index < -0.39 is 0 Å². The normalized spacial score (nSPS) is 10.9. The molecule has 1 aromatic heterocycles. The topological polar surface area (TPSA) is 68.0 Å².